The Labute approximate surface area is 128 Å². The average Bonchev–Trinajstić information content (AvgIpc) is 2.83. The summed E-state index contributed by atoms with van der Waals surface area (Å²) in [6, 6.07) is 9.13. The molecule has 0 saturated heterocycles. The van der Waals surface area contributed by atoms with Crippen molar-refractivity contribution in [1.82, 2.24) is 9.88 Å². The summed E-state index contributed by atoms with van der Waals surface area (Å²) in [6.07, 6.45) is 4.61. The van der Waals surface area contributed by atoms with Crippen LogP contribution in [0.3, 0.4) is 0 Å². The normalized spacial score (nSPS) is 11.6. The van der Waals surface area contributed by atoms with E-state index in [4.69, 9.17) is 4.74 Å². The van der Waals surface area contributed by atoms with Gasteiger partial charge >= 0.3 is 0 Å². The maximum absolute atomic E-state index is 5.70. The van der Waals surface area contributed by atoms with Gasteiger partial charge in [0.25, 0.3) is 0 Å². The van der Waals surface area contributed by atoms with Crippen LogP contribution in [0.1, 0.15) is 39.2 Å². The quantitative estimate of drug-likeness (QED) is 0.707. The minimum absolute atomic E-state index is 0.504. The zero-order valence-corrected chi connectivity index (χ0v) is 13.6. The molecular formula is C18H28N2O. The van der Waals surface area contributed by atoms with Crippen molar-refractivity contribution in [3.63, 3.8) is 0 Å². The molecule has 2 rings (SSSR count). The first-order valence-electron chi connectivity index (χ1n) is 8.10. The van der Waals surface area contributed by atoms with E-state index >= 15 is 0 Å². The standard InChI is InChI=1S/C18H28N2O/c1-4-5-11-21-12-10-20-14-16(13-19-15(2)3)17-8-6-7-9-18(17)20/h6-9,14-15,19H,4-5,10-13H2,1-3H3. The molecule has 1 aromatic carbocycles. The minimum atomic E-state index is 0.504. The topological polar surface area (TPSA) is 26.2 Å². The van der Waals surface area contributed by atoms with E-state index in [9.17, 15) is 0 Å². The Morgan fingerprint density at radius 2 is 2.00 bits per heavy atom. The summed E-state index contributed by atoms with van der Waals surface area (Å²) < 4.78 is 8.02. The van der Waals surface area contributed by atoms with Crippen LogP contribution in [0.4, 0.5) is 0 Å². The molecule has 21 heavy (non-hydrogen) atoms. The Morgan fingerprint density at radius 1 is 1.19 bits per heavy atom. The van der Waals surface area contributed by atoms with Crippen molar-refractivity contribution in [2.75, 3.05) is 13.2 Å². The lowest BCUT2D eigenvalue weighted by Gasteiger charge is -2.07. The molecule has 0 aliphatic rings. The molecule has 0 radical (unpaired) electrons. The first-order chi connectivity index (χ1) is 10.2. The zero-order chi connectivity index (χ0) is 15.1. The third-order valence-electron chi connectivity index (χ3n) is 3.69. The molecule has 1 N–H and O–H groups in total. The Bertz CT molecular complexity index is 545. The van der Waals surface area contributed by atoms with Gasteiger partial charge in [0.15, 0.2) is 0 Å². The molecule has 0 aliphatic heterocycles. The predicted molar refractivity (Wildman–Crippen MR) is 89.6 cm³/mol. The smallest absolute Gasteiger partial charge is 0.0645 e. The van der Waals surface area contributed by atoms with E-state index in [1.165, 1.54) is 22.9 Å². The van der Waals surface area contributed by atoms with E-state index in [1.54, 1.807) is 0 Å². The van der Waals surface area contributed by atoms with Crippen molar-refractivity contribution in [3.8, 4) is 0 Å². The maximum Gasteiger partial charge on any atom is 0.0645 e. The maximum atomic E-state index is 5.70. The second-order valence-electron chi connectivity index (χ2n) is 5.87. The highest BCUT2D eigenvalue weighted by Gasteiger charge is 2.08. The van der Waals surface area contributed by atoms with Crippen molar-refractivity contribution >= 4 is 10.9 Å². The summed E-state index contributed by atoms with van der Waals surface area (Å²) >= 11 is 0. The van der Waals surface area contributed by atoms with Crippen molar-refractivity contribution in [2.24, 2.45) is 0 Å². The van der Waals surface area contributed by atoms with Gasteiger partial charge in [0.1, 0.15) is 0 Å². The van der Waals surface area contributed by atoms with Crippen LogP contribution in [-0.2, 0) is 17.8 Å². The summed E-state index contributed by atoms with van der Waals surface area (Å²) in [6.45, 7) is 10.1. The second kappa shape index (κ2) is 8.20. The third-order valence-corrected chi connectivity index (χ3v) is 3.69. The monoisotopic (exact) mass is 288 g/mol. The molecule has 0 atom stereocenters. The molecule has 0 saturated carbocycles. The van der Waals surface area contributed by atoms with Crippen molar-refractivity contribution in [2.45, 2.75) is 52.7 Å². The first kappa shape index (κ1) is 16.1. The number of unbranched alkanes of at least 4 members (excludes halogenated alkanes) is 1. The molecule has 0 amide bonds. The number of benzene rings is 1. The fourth-order valence-electron chi connectivity index (χ4n) is 2.47. The van der Waals surface area contributed by atoms with Crippen LogP contribution >= 0.6 is 0 Å². The minimum Gasteiger partial charge on any atom is -0.380 e. The summed E-state index contributed by atoms with van der Waals surface area (Å²) in [5, 5.41) is 4.85. The lowest BCUT2D eigenvalue weighted by Crippen LogP contribution is -2.21. The molecule has 0 aliphatic carbocycles. The molecule has 116 valence electrons. The Kier molecular flexibility index (Phi) is 6.27. The van der Waals surface area contributed by atoms with E-state index in [1.807, 2.05) is 0 Å². The van der Waals surface area contributed by atoms with E-state index in [0.29, 0.717) is 6.04 Å². The van der Waals surface area contributed by atoms with Gasteiger partial charge in [-0.2, -0.15) is 0 Å². The lowest BCUT2D eigenvalue weighted by atomic mass is 10.2. The molecule has 3 heteroatoms. The van der Waals surface area contributed by atoms with Gasteiger partial charge < -0.3 is 14.6 Å². The number of ether oxygens (including phenoxy) is 1. The van der Waals surface area contributed by atoms with E-state index < -0.39 is 0 Å². The molecular weight excluding hydrogens is 260 g/mol. The molecule has 0 unspecified atom stereocenters. The summed E-state index contributed by atoms with van der Waals surface area (Å²) in [5.41, 5.74) is 2.67. The fraction of sp³-hybridized carbons (Fsp3) is 0.556. The highest BCUT2D eigenvalue weighted by molar-refractivity contribution is 5.83. The van der Waals surface area contributed by atoms with Gasteiger partial charge in [-0.3, -0.25) is 0 Å². The number of fused-ring (bicyclic) bond motifs is 1. The molecule has 3 nitrogen and oxygen atoms in total. The predicted octanol–water partition coefficient (Wildman–Crippen LogP) is 3.96. The second-order valence-corrected chi connectivity index (χ2v) is 5.87. The van der Waals surface area contributed by atoms with Gasteiger partial charge in [0, 0.05) is 42.8 Å². The molecule has 0 bridgehead atoms. The number of para-hydroxylation sites is 1. The van der Waals surface area contributed by atoms with Gasteiger partial charge in [-0.05, 0) is 18.1 Å². The van der Waals surface area contributed by atoms with Gasteiger partial charge in [-0.25, -0.2) is 0 Å². The first-order valence-corrected chi connectivity index (χ1v) is 8.10. The number of nitrogens with zero attached hydrogens (tertiary/aromatic N) is 1. The fourth-order valence-corrected chi connectivity index (χ4v) is 2.47. The number of rotatable bonds is 9. The highest BCUT2D eigenvalue weighted by Crippen LogP contribution is 2.21. The van der Waals surface area contributed by atoms with Crippen LogP contribution in [-0.4, -0.2) is 23.8 Å². The highest BCUT2D eigenvalue weighted by atomic mass is 16.5. The molecule has 1 heterocycles. The summed E-state index contributed by atoms with van der Waals surface area (Å²) in [4.78, 5) is 0. The average molecular weight is 288 g/mol. The molecule has 0 spiro atoms. The van der Waals surface area contributed by atoms with Crippen molar-refractivity contribution in [3.05, 3.63) is 36.0 Å². The Morgan fingerprint density at radius 3 is 2.76 bits per heavy atom. The van der Waals surface area contributed by atoms with Crippen LogP contribution in [0.25, 0.3) is 10.9 Å². The zero-order valence-electron chi connectivity index (χ0n) is 13.6. The van der Waals surface area contributed by atoms with Gasteiger partial charge in [-0.15, -0.1) is 0 Å². The largest absolute Gasteiger partial charge is 0.380 e. The van der Waals surface area contributed by atoms with Gasteiger partial charge in [0.2, 0.25) is 0 Å². The molecule has 0 fully saturated rings. The number of hydrogen-bond donors (Lipinski definition) is 1. The Hall–Kier alpha value is -1.32. The summed E-state index contributed by atoms with van der Waals surface area (Å²) in [7, 11) is 0. The number of hydrogen-bond acceptors (Lipinski definition) is 2. The van der Waals surface area contributed by atoms with Crippen LogP contribution < -0.4 is 5.32 Å². The third kappa shape index (κ3) is 4.58. The van der Waals surface area contributed by atoms with E-state index in [-0.39, 0.29) is 0 Å². The molecule has 2 aromatic rings. The van der Waals surface area contributed by atoms with Crippen LogP contribution in [0, 0.1) is 0 Å². The van der Waals surface area contributed by atoms with Crippen LogP contribution in [0.5, 0.6) is 0 Å². The van der Waals surface area contributed by atoms with Gasteiger partial charge in [0.05, 0.1) is 6.61 Å². The van der Waals surface area contributed by atoms with Crippen molar-refractivity contribution in [1.29, 1.82) is 0 Å². The SMILES string of the molecule is CCCCOCCn1cc(CNC(C)C)c2ccccc21. The van der Waals surface area contributed by atoms with Gasteiger partial charge in [-0.1, -0.05) is 45.4 Å². The number of aromatic nitrogens is 1. The summed E-state index contributed by atoms with van der Waals surface area (Å²) in [5.74, 6) is 0. The molecule has 1 aromatic heterocycles. The lowest BCUT2D eigenvalue weighted by molar-refractivity contribution is 0.124. The van der Waals surface area contributed by atoms with Crippen LogP contribution in [0.2, 0.25) is 0 Å². The Balaban J connectivity index is 2.04. The van der Waals surface area contributed by atoms with Crippen LogP contribution in [0.15, 0.2) is 30.5 Å². The van der Waals surface area contributed by atoms with Crippen molar-refractivity contribution < 1.29 is 4.74 Å². The number of nitrogens with one attached hydrogen (secondary N) is 1. The van der Waals surface area contributed by atoms with E-state index in [0.717, 1.165) is 32.7 Å². The van der Waals surface area contributed by atoms with E-state index in [2.05, 4.69) is 61.1 Å².